The van der Waals surface area contributed by atoms with Gasteiger partial charge in [0.15, 0.2) is 0 Å². The number of anilines is 1. The number of hydrogen-bond donors (Lipinski definition) is 2. The van der Waals surface area contributed by atoms with Crippen LogP contribution in [0.5, 0.6) is 11.5 Å². The molecular formula is C12H10ClFN2O3S. The molecule has 106 valence electrons. The highest BCUT2D eigenvalue weighted by Crippen LogP contribution is 2.31. The van der Waals surface area contributed by atoms with Crippen LogP contribution in [0.25, 0.3) is 0 Å². The summed E-state index contributed by atoms with van der Waals surface area (Å²) in [6, 6.07) is 7.66. The van der Waals surface area contributed by atoms with E-state index in [1.807, 2.05) is 0 Å². The molecule has 0 aromatic heterocycles. The third kappa shape index (κ3) is 3.19. The maximum atomic E-state index is 13.3. The Hall–Kier alpha value is -1.83. The molecular weight excluding hydrogens is 307 g/mol. The van der Waals surface area contributed by atoms with Crippen LogP contribution in [0.3, 0.4) is 0 Å². The van der Waals surface area contributed by atoms with Crippen molar-refractivity contribution in [3.63, 3.8) is 0 Å². The zero-order chi connectivity index (χ0) is 14.9. The van der Waals surface area contributed by atoms with E-state index < -0.39 is 15.8 Å². The van der Waals surface area contributed by atoms with Crippen molar-refractivity contribution in [2.75, 3.05) is 5.73 Å². The first-order valence-electron chi connectivity index (χ1n) is 5.32. The topological polar surface area (TPSA) is 95.4 Å². The third-order valence-electron chi connectivity index (χ3n) is 2.39. The van der Waals surface area contributed by atoms with E-state index in [-0.39, 0.29) is 27.1 Å². The van der Waals surface area contributed by atoms with Gasteiger partial charge in [-0.3, -0.25) is 0 Å². The molecule has 2 rings (SSSR count). The lowest BCUT2D eigenvalue weighted by atomic mass is 10.3. The van der Waals surface area contributed by atoms with Crippen LogP contribution in [-0.4, -0.2) is 8.42 Å². The van der Waals surface area contributed by atoms with Gasteiger partial charge in [-0.1, -0.05) is 11.6 Å². The number of rotatable bonds is 3. The Morgan fingerprint density at radius 3 is 2.45 bits per heavy atom. The lowest BCUT2D eigenvalue weighted by Crippen LogP contribution is -2.13. The van der Waals surface area contributed by atoms with Gasteiger partial charge in [-0.2, -0.15) is 0 Å². The monoisotopic (exact) mass is 316 g/mol. The van der Waals surface area contributed by atoms with Gasteiger partial charge in [-0.25, -0.2) is 17.9 Å². The zero-order valence-electron chi connectivity index (χ0n) is 10.0. The molecule has 0 saturated heterocycles. The van der Waals surface area contributed by atoms with Crippen LogP contribution >= 0.6 is 11.6 Å². The largest absolute Gasteiger partial charge is 0.456 e. The molecule has 4 N–H and O–H groups in total. The number of benzene rings is 2. The average molecular weight is 317 g/mol. The summed E-state index contributed by atoms with van der Waals surface area (Å²) in [4.78, 5) is -0.284. The van der Waals surface area contributed by atoms with Crippen molar-refractivity contribution < 1.29 is 17.5 Å². The standard InChI is InChI=1S/C12H10ClFN2O3S/c13-9-3-2-8(6-10(9)14)19-11-4-1-7(15)5-12(11)20(16,17)18/h1-6H,15H2,(H2,16,17,18). The predicted octanol–water partition coefficient (Wildman–Crippen LogP) is 2.50. The second-order valence-electron chi connectivity index (χ2n) is 3.93. The normalized spacial score (nSPS) is 11.3. The van der Waals surface area contributed by atoms with E-state index in [4.69, 9.17) is 27.2 Å². The number of primary sulfonamides is 1. The van der Waals surface area contributed by atoms with Crippen molar-refractivity contribution in [3.8, 4) is 11.5 Å². The summed E-state index contributed by atoms with van der Waals surface area (Å²) < 4.78 is 41.5. The first-order valence-corrected chi connectivity index (χ1v) is 7.25. The molecule has 20 heavy (non-hydrogen) atoms. The van der Waals surface area contributed by atoms with E-state index in [0.29, 0.717) is 0 Å². The minimum Gasteiger partial charge on any atom is -0.456 e. The van der Waals surface area contributed by atoms with Crippen LogP contribution in [0.15, 0.2) is 41.3 Å². The van der Waals surface area contributed by atoms with E-state index in [2.05, 4.69) is 0 Å². The molecule has 0 atom stereocenters. The highest BCUT2D eigenvalue weighted by Gasteiger charge is 2.16. The van der Waals surface area contributed by atoms with Crippen LogP contribution in [0, 0.1) is 5.82 Å². The van der Waals surface area contributed by atoms with E-state index in [9.17, 15) is 12.8 Å². The predicted molar refractivity (Wildman–Crippen MR) is 73.7 cm³/mol. The Labute approximate surface area is 120 Å². The van der Waals surface area contributed by atoms with E-state index >= 15 is 0 Å². The van der Waals surface area contributed by atoms with E-state index in [1.54, 1.807) is 0 Å². The second kappa shape index (κ2) is 5.28. The maximum Gasteiger partial charge on any atom is 0.241 e. The van der Waals surface area contributed by atoms with Crippen molar-refractivity contribution >= 4 is 27.3 Å². The Balaban J connectivity index is 2.46. The van der Waals surface area contributed by atoms with Crippen LogP contribution in [-0.2, 0) is 10.0 Å². The summed E-state index contributed by atoms with van der Waals surface area (Å²) in [6.45, 7) is 0. The first-order chi connectivity index (χ1) is 9.27. The SMILES string of the molecule is Nc1ccc(Oc2ccc(Cl)c(F)c2)c(S(N)(=O)=O)c1. The Morgan fingerprint density at radius 1 is 1.15 bits per heavy atom. The molecule has 5 nitrogen and oxygen atoms in total. The van der Waals surface area contributed by atoms with Crippen molar-refractivity contribution in [2.24, 2.45) is 5.14 Å². The van der Waals surface area contributed by atoms with Gasteiger partial charge in [0.25, 0.3) is 0 Å². The maximum absolute atomic E-state index is 13.3. The number of ether oxygens (including phenoxy) is 1. The van der Waals surface area contributed by atoms with Crippen molar-refractivity contribution in [2.45, 2.75) is 4.90 Å². The van der Waals surface area contributed by atoms with Gasteiger partial charge in [0, 0.05) is 11.8 Å². The molecule has 0 aliphatic heterocycles. The highest BCUT2D eigenvalue weighted by molar-refractivity contribution is 7.89. The molecule has 2 aromatic carbocycles. The molecule has 0 saturated carbocycles. The zero-order valence-corrected chi connectivity index (χ0v) is 11.6. The summed E-state index contributed by atoms with van der Waals surface area (Å²) in [6.07, 6.45) is 0. The smallest absolute Gasteiger partial charge is 0.241 e. The fourth-order valence-corrected chi connectivity index (χ4v) is 2.31. The van der Waals surface area contributed by atoms with Crippen LogP contribution in [0.4, 0.5) is 10.1 Å². The minimum absolute atomic E-state index is 0.0524. The van der Waals surface area contributed by atoms with Gasteiger partial charge >= 0.3 is 0 Å². The molecule has 0 aliphatic carbocycles. The number of nitrogens with two attached hydrogens (primary N) is 2. The van der Waals surface area contributed by atoms with Gasteiger partial charge in [0.1, 0.15) is 22.2 Å². The molecule has 0 spiro atoms. The number of nitrogen functional groups attached to an aromatic ring is 1. The summed E-state index contributed by atoms with van der Waals surface area (Å²) >= 11 is 5.55. The van der Waals surface area contributed by atoms with Gasteiger partial charge in [0.2, 0.25) is 10.0 Å². The summed E-state index contributed by atoms with van der Waals surface area (Å²) in [7, 11) is -4.02. The molecule has 0 fully saturated rings. The van der Waals surface area contributed by atoms with Gasteiger partial charge in [-0.05, 0) is 30.3 Å². The van der Waals surface area contributed by atoms with Crippen LogP contribution < -0.4 is 15.6 Å². The molecule has 0 unspecified atom stereocenters. The highest BCUT2D eigenvalue weighted by atomic mass is 35.5. The molecule has 0 radical (unpaired) electrons. The molecule has 0 amide bonds. The van der Waals surface area contributed by atoms with E-state index in [1.165, 1.54) is 24.3 Å². The second-order valence-corrected chi connectivity index (χ2v) is 5.87. The molecule has 8 heteroatoms. The fraction of sp³-hybridized carbons (Fsp3) is 0. The van der Waals surface area contributed by atoms with Crippen LogP contribution in [0.1, 0.15) is 0 Å². The van der Waals surface area contributed by atoms with Gasteiger partial charge in [-0.15, -0.1) is 0 Å². The average Bonchev–Trinajstić information content (AvgIpc) is 2.35. The van der Waals surface area contributed by atoms with E-state index in [0.717, 1.165) is 12.1 Å². The fourth-order valence-electron chi connectivity index (χ4n) is 1.50. The molecule has 2 aromatic rings. The van der Waals surface area contributed by atoms with Crippen molar-refractivity contribution in [1.29, 1.82) is 0 Å². The van der Waals surface area contributed by atoms with Gasteiger partial charge < -0.3 is 10.5 Å². The minimum atomic E-state index is -4.02. The van der Waals surface area contributed by atoms with Crippen LogP contribution in [0.2, 0.25) is 5.02 Å². The quantitative estimate of drug-likeness (QED) is 0.850. The summed E-state index contributed by atoms with van der Waals surface area (Å²) in [5, 5.41) is 5.01. The Kier molecular flexibility index (Phi) is 3.85. The van der Waals surface area contributed by atoms with Crippen molar-refractivity contribution in [3.05, 3.63) is 47.2 Å². The van der Waals surface area contributed by atoms with Crippen molar-refractivity contribution in [1.82, 2.24) is 0 Å². The lowest BCUT2D eigenvalue weighted by molar-refractivity contribution is 0.463. The number of sulfonamides is 1. The summed E-state index contributed by atoms with van der Waals surface area (Å²) in [5.41, 5.74) is 5.72. The Morgan fingerprint density at radius 2 is 1.85 bits per heavy atom. The first kappa shape index (κ1) is 14.6. The summed E-state index contributed by atoms with van der Waals surface area (Å²) in [5.74, 6) is -0.651. The van der Waals surface area contributed by atoms with Gasteiger partial charge in [0.05, 0.1) is 5.02 Å². The molecule has 0 bridgehead atoms. The number of halogens is 2. The Bertz CT molecular complexity index is 765. The number of hydrogen-bond acceptors (Lipinski definition) is 4. The third-order valence-corrected chi connectivity index (χ3v) is 3.63. The molecule has 0 aliphatic rings. The molecule has 0 heterocycles. The lowest BCUT2D eigenvalue weighted by Gasteiger charge is -2.10.